The second kappa shape index (κ2) is 3.44. The van der Waals surface area contributed by atoms with Gasteiger partial charge >= 0.3 is 5.97 Å². The molecule has 0 aliphatic heterocycles. The Morgan fingerprint density at radius 3 is 2.10 bits per heavy atom. The van der Waals surface area contributed by atoms with Gasteiger partial charge in [0.05, 0.1) is 0 Å². The first kappa shape index (κ1) is 10.0. The van der Waals surface area contributed by atoms with Crippen LogP contribution in [-0.2, 0) is 9.53 Å². The van der Waals surface area contributed by atoms with Gasteiger partial charge in [0, 0.05) is 0 Å². The standard InChI is InChI=1S/C6H10Cl2O2/c1-4(7)5(9)10-6(2,3)8/h4H,1-3H3/t4-/m1/s1. The largest absolute Gasteiger partial charge is 0.443 e. The smallest absolute Gasteiger partial charge is 0.325 e. The maximum Gasteiger partial charge on any atom is 0.325 e. The van der Waals surface area contributed by atoms with E-state index in [0.29, 0.717) is 0 Å². The summed E-state index contributed by atoms with van der Waals surface area (Å²) in [6, 6.07) is 0. The molecule has 0 N–H and O–H groups in total. The van der Waals surface area contributed by atoms with Crippen LogP contribution in [0.25, 0.3) is 0 Å². The molecule has 4 heteroatoms. The van der Waals surface area contributed by atoms with Crippen LogP contribution in [0.15, 0.2) is 0 Å². The Bertz CT molecular complexity index is 126. The molecular formula is C6H10Cl2O2. The lowest BCUT2D eigenvalue weighted by atomic mass is 10.4. The molecule has 0 saturated heterocycles. The first-order valence-corrected chi connectivity index (χ1v) is 3.70. The maximum absolute atomic E-state index is 10.7. The van der Waals surface area contributed by atoms with Crippen LogP contribution in [-0.4, -0.2) is 16.4 Å². The summed E-state index contributed by atoms with van der Waals surface area (Å²) in [5, 5.41) is -1.60. The average molecular weight is 185 g/mol. The highest BCUT2D eigenvalue weighted by Gasteiger charge is 2.21. The average Bonchev–Trinajstić information content (AvgIpc) is 1.60. The van der Waals surface area contributed by atoms with E-state index >= 15 is 0 Å². The summed E-state index contributed by atoms with van der Waals surface area (Å²) in [6.07, 6.45) is 0. The summed E-state index contributed by atoms with van der Waals surface area (Å²) in [7, 11) is 0. The molecule has 2 nitrogen and oxygen atoms in total. The van der Waals surface area contributed by atoms with E-state index in [2.05, 4.69) is 0 Å². The highest BCUT2D eigenvalue weighted by molar-refractivity contribution is 6.30. The fourth-order valence-corrected chi connectivity index (χ4v) is 0.441. The normalized spacial score (nSPS) is 14.5. The van der Waals surface area contributed by atoms with Crippen LogP contribution in [0.3, 0.4) is 0 Å². The van der Waals surface area contributed by atoms with Crippen molar-refractivity contribution >= 4 is 29.2 Å². The third-order valence-electron chi connectivity index (χ3n) is 0.668. The van der Waals surface area contributed by atoms with Gasteiger partial charge in [-0.15, -0.1) is 11.6 Å². The minimum absolute atomic E-state index is 0.498. The molecule has 0 spiro atoms. The molecule has 0 aromatic heterocycles. The van der Waals surface area contributed by atoms with Crippen LogP contribution in [0.5, 0.6) is 0 Å². The lowest BCUT2D eigenvalue weighted by molar-refractivity contribution is -0.149. The molecule has 0 aliphatic carbocycles. The summed E-state index contributed by atoms with van der Waals surface area (Å²) in [4.78, 5) is 10.7. The number of carbonyl (C=O) groups is 1. The van der Waals surface area contributed by atoms with E-state index in [1.807, 2.05) is 0 Å². The molecule has 0 radical (unpaired) electrons. The van der Waals surface area contributed by atoms with Gasteiger partial charge in [-0.2, -0.15) is 0 Å². The maximum atomic E-state index is 10.7. The molecule has 10 heavy (non-hydrogen) atoms. The first-order valence-electron chi connectivity index (χ1n) is 2.89. The molecule has 0 rings (SSSR count). The molecule has 0 aliphatic rings. The van der Waals surface area contributed by atoms with E-state index in [0.717, 1.165) is 0 Å². The third-order valence-corrected chi connectivity index (χ3v) is 0.923. The van der Waals surface area contributed by atoms with Gasteiger partial charge in [0.15, 0.2) is 5.06 Å². The number of hydrogen-bond acceptors (Lipinski definition) is 2. The lowest BCUT2D eigenvalue weighted by Gasteiger charge is -2.17. The minimum atomic E-state index is -0.958. The summed E-state index contributed by atoms with van der Waals surface area (Å²) < 4.78 is 4.69. The van der Waals surface area contributed by atoms with Crippen molar-refractivity contribution in [1.82, 2.24) is 0 Å². The van der Waals surface area contributed by atoms with Crippen LogP contribution in [0.1, 0.15) is 20.8 Å². The van der Waals surface area contributed by atoms with E-state index in [1.54, 1.807) is 13.8 Å². The summed E-state index contributed by atoms with van der Waals surface area (Å²) >= 11 is 11.0. The zero-order valence-corrected chi connectivity index (χ0v) is 7.66. The zero-order valence-electron chi connectivity index (χ0n) is 6.15. The van der Waals surface area contributed by atoms with Crippen molar-refractivity contribution in [2.24, 2.45) is 0 Å². The second-order valence-electron chi connectivity index (χ2n) is 2.40. The summed E-state index contributed by atoms with van der Waals surface area (Å²) in [5.41, 5.74) is 0. The van der Waals surface area contributed by atoms with Crippen LogP contribution in [0, 0.1) is 0 Å². The van der Waals surface area contributed by atoms with Gasteiger partial charge in [-0.3, -0.25) is 4.79 Å². The Morgan fingerprint density at radius 1 is 1.60 bits per heavy atom. The highest BCUT2D eigenvalue weighted by atomic mass is 35.5. The van der Waals surface area contributed by atoms with Crippen molar-refractivity contribution in [2.45, 2.75) is 31.2 Å². The van der Waals surface area contributed by atoms with Crippen molar-refractivity contribution in [3.63, 3.8) is 0 Å². The van der Waals surface area contributed by atoms with Crippen LogP contribution < -0.4 is 0 Å². The van der Waals surface area contributed by atoms with Gasteiger partial charge < -0.3 is 4.74 Å². The van der Waals surface area contributed by atoms with Crippen molar-refractivity contribution in [3.8, 4) is 0 Å². The Balaban J connectivity index is 3.81. The van der Waals surface area contributed by atoms with Gasteiger partial charge in [-0.25, -0.2) is 0 Å². The first-order chi connectivity index (χ1) is 4.33. The van der Waals surface area contributed by atoms with Crippen LogP contribution in [0.4, 0.5) is 0 Å². The molecule has 60 valence electrons. The summed E-state index contributed by atoms with van der Waals surface area (Å²) in [6.45, 7) is 4.68. The number of halogens is 2. The molecule has 0 amide bonds. The molecular weight excluding hydrogens is 175 g/mol. The molecule has 0 saturated carbocycles. The van der Waals surface area contributed by atoms with E-state index in [9.17, 15) is 4.79 Å². The Kier molecular flexibility index (Phi) is 3.46. The Morgan fingerprint density at radius 2 is 2.00 bits per heavy atom. The van der Waals surface area contributed by atoms with Gasteiger partial charge in [-0.05, 0) is 20.8 Å². The number of alkyl halides is 2. The quantitative estimate of drug-likeness (QED) is 0.486. The number of ether oxygens (including phenoxy) is 1. The van der Waals surface area contributed by atoms with Crippen molar-refractivity contribution < 1.29 is 9.53 Å². The van der Waals surface area contributed by atoms with Crippen LogP contribution in [0.2, 0.25) is 0 Å². The monoisotopic (exact) mass is 184 g/mol. The predicted molar refractivity (Wildman–Crippen MR) is 41.3 cm³/mol. The third kappa shape index (κ3) is 4.89. The minimum Gasteiger partial charge on any atom is -0.443 e. The van der Waals surface area contributed by atoms with E-state index in [1.165, 1.54) is 6.92 Å². The fraction of sp³-hybridized carbons (Fsp3) is 0.833. The van der Waals surface area contributed by atoms with Crippen molar-refractivity contribution in [3.05, 3.63) is 0 Å². The molecule has 0 bridgehead atoms. The highest BCUT2D eigenvalue weighted by Crippen LogP contribution is 2.16. The number of carbonyl (C=O) groups excluding carboxylic acids is 1. The topological polar surface area (TPSA) is 26.3 Å². The Labute approximate surface area is 70.4 Å². The fourth-order valence-electron chi connectivity index (χ4n) is 0.320. The van der Waals surface area contributed by atoms with E-state index in [-0.39, 0.29) is 0 Å². The van der Waals surface area contributed by atoms with Gasteiger partial charge in [0.1, 0.15) is 5.38 Å². The molecule has 0 aromatic rings. The van der Waals surface area contributed by atoms with Gasteiger partial charge in [0.2, 0.25) is 0 Å². The van der Waals surface area contributed by atoms with E-state index < -0.39 is 16.4 Å². The zero-order chi connectivity index (χ0) is 8.36. The SMILES string of the molecule is C[C@@H](Cl)C(=O)OC(C)(C)Cl. The van der Waals surface area contributed by atoms with Crippen LogP contribution >= 0.6 is 23.2 Å². The van der Waals surface area contributed by atoms with Crippen molar-refractivity contribution in [1.29, 1.82) is 0 Å². The predicted octanol–water partition coefficient (Wildman–Crippen LogP) is 2.13. The number of esters is 1. The molecule has 0 fully saturated rings. The van der Waals surface area contributed by atoms with Gasteiger partial charge in [0.25, 0.3) is 0 Å². The summed E-state index contributed by atoms with van der Waals surface area (Å²) in [5.74, 6) is -0.498. The Hall–Kier alpha value is 0.0500. The van der Waals surface area contributed by atoms with Gasteiger partial charge in [-0.1, -0.05) is 11.6 Å². The second-order valence-corrected chi connectivity index (χ2v) is 3.97. The molecule has 0 heterocycles. The molecule has 1 atom stereocenters. The lowest BCUT2D eigenvalue weighted by Crippen LogP contribution is -2.25. The number of hydrogen-bond donors (Lipinski definition) is 0. The van der Waals surface area contributed by atoms with E-state index in [4.69, 9.17) is 27.9 Å². The number of rotatable bonds is 2. The molecule has 0 unspecified atom stereocenters. The van der Waals surface area contributed by atoms with Crippen molar-refractivity contribution in [2.75, 3.05) is 0 Å². The molecule has 0 aromatic carbocycles.